The van der Waals surface area contributed by atoms with Crippen LogP contribution in [0.2, 0.25) is 0 Å². The number of piperidine rings is 1. The number of carbonyl (C=O) groups is 1. The largest absolute Gasteiger partial charge is 0.445 e. The lowest BCUT2D eigenvalue weighted by molar-refractivity contribution is -0.0871. The second-order valence-electron chi connectivity index (χ2n) is 8.64. The highest BCUT2D eigenvalue weighted by Gasteiger charge is 2.45. The fourth-order valence-electron chi connectivity index (χ4n) is 4.82. The van der Waals surface area contributed by atoms with E-state index in [1.807, 2.05) is 41.4 Å². The van der Waals surface area contributed by atoms with Crippen molar-refractivity contribution in [2.75, 3.05) is 32.8 Å². The molecule has 6 heteroatoms. The molecule has 3 aromatic rings. The number of H-pyrrole nitrogens is 1. The molecule has 1 aromatic heterocycles. The zero-order valence-electron chi connectivity index (χ0n) is 17.8. The van der Waals surface area contributed by atoms with Crippen molar-refractivity contribution in [1.82, 2.24) is 14.8 Å². The Morgan fingerprint density at radius 1 is 1.03 bits per heavy atom. The number of benzene rings is 2. The van der Waals surface area contributed by atoms with Crippen molar-refractivity contribution in [2.45, 2.75) is 31.5 Å². The molecule has 31 heavy (non-hydrogen) atoms. The van der Waals surface area contributed by atoms with Crippen molar-refractivity contribution in [3.05, 3.63) is 71.9 Å². The summed E-state index contributed by atoms with van der Waals surface area (Å²) in [6, 6.07) is 18.6. The number of hydrogen-bond donors (Lipinski definition) is 1. The molecule has 162 valence electrons. The maximum Gasteiger partial charge on any atom is 0.410 e. The molecule has 0 unspecified atom stereocenters. The Morgan fingerprint density at radius 2 is 1.87 bits per heavy atom. The van der Waals surface area contributed by atoms with Crippen molar-refractivity contribution >= 4 is 17.0 Å². The third-order valence-corrected chi connectivity index (χ3v) is 6.64. The van der Waals surface area contributed by atoms with E-state index < -0.39 is 0 Å². The van der Waals surface area contributed by atoms with Crippen LogP contribution in [0.25, 0.3) is 10.9 Å². The fraction of sp³-hybridized carbons (Fsp3) is 0.400. The predicted molar refractivity (Wildman–Crippen MR) is 120 cm³/mol. The lowest BCUT2D eigenvalue weighted by atomic mass is 9.85. The standard InChI is InChI=1S/C25H29N3O3/c29-24(31-18-20-4-2-1-3-5-20)28-14-15-30-19-25(28)9-12-27(13-10-25)17-21-6-7-23-22(16-21)8-11-26-23/h1-8,11,16,26H,9-10,12-15,17-19H2. The Kier molecular flexibility index (Phi) is 5.66. The van der Waals surface area contributed by atoms with Crippen LogP contribution in [0.4, 0.5) is 4.79 Å². The van der Waals surface area contributed by atoms with Gasteiger partial charge in [0.1, 0.15) is 6.61 Å². The van der Waals surface area contributed by atoms with Crippen LogP contribution in [0.3, 0.4) is 0 Å². The number of ether oxygens (including phenoxy) is 2. The molecule has 0 atom stereocenters. The van der Waals surface area contributed by atoms with E-state index in [1.54, 1.807) is 0 Å². The van der Waals surface area contributed by atoms with E-state index in [9.17, 15) is 4.79 Å². The molecular formula is C25H29N3O3. The lowest BCUT2D eigenvalue weighted by Gasteiger charge is -2.50. The highest BCUT2D eigenvalue weighted by atomic mass is 16.6. The summed E-state index contributed by atoms with van der Waals surface area (Å²) in [6.45, 7) is 4.88. The second-order valence-corrected chi connectivity index (χ2v) is 8.64. The SMILES string of the molecule is O=C(OCc1ccccc1)N1CCOCC12CCN(Cc1ccc3[nH]ccc3c1)CC2. The minimum atomic E-state index is -0.257. The van der Waals surface area contributed by atoms with Crippen LogP contribution in [-0.4, -0.2) is 59.3 Å². The first-order valence-corrected chi connectivity index (χ1v) is 11.1. The van der Waals surface area contributed by atoms with Gasteiger partial charge in [-0.1, -0.05) is 36.4 Å². The maximum atomic E-state index is 12.9. The number of amides is 1. The van der Waals surface area contributed by atoms with E-state index in [2.05, 4.69) is 34.1 Å². The molecule has 0 radical (unpaired) electrons. The molecule has 2 saturated heterocycles. The van der Waals surface area contributed by atoms with Crippen molar-refractivity contribution in [2.24, 2.45) is 0 Å². The number of aromatic nitrogens is 1. The number of nitrogens with one attached hydrogen (secondary N) is 1. The summed E-state index contributed by atoms with van der Waals surface area (Å²) in [6.07, 6.45) is 3.56. The van der Waals surface area contributed by atoms with Gasteiger partial charge in [0, 0.05) is 37.9 Å². The van der Waals surface area contributed by atoms with Crippen molar-refractivity contribution in [3.8, 4) is 0 Å². The number of likely N-dealkylation sites (tertiary alicyclic amines) is 1. The van der Waals surface area contributed by atoms with Crippen LogP contribution in [0, 0.1) is 0 Å². The summed E-state index contributed by atoms with van der Waals surface area (Å²) in [5.74, 6) is 0. The van der Waals surface area contributed by atoms with Gasteiger partial charge in [0.25, 0.3) is 0 Å². The van der Waals surface area contributed by atoms with Gasteiger partial charge in [-0.2, -0.15) is 0 Å². The van der Waals surface area contributed by atoms with Crippen LogP contribution in [0.5, 0.6) is 0 Å². The molecule has 1 spiro atoms. The quantitative estimate of drug-likeness (QED) is 0.690. The van der Waals surface area contributed by atoms with Gasteiger partial charge in [-0.3, -0.25) is 9.80 Å². The van der Waals surface area contributed by atoms with Crippen LogP contribution < -0.4 is 0 Å². The summed E-state index contributed by atoms with van der Waals surface area (Å²) in [5.41, 5.74) is 3.24. The molecule has 1 amide bonds. The van der Waals surface area contributed by atoms with Crippen LogP contribution in [0.1, 0.15) is 24.0 Å². The van der Waals surface area contributed by atoms with E-state index in [4.69, 9.17) is 9.47 Å². The van der Waals surface area contributed by atoms with Gasteiger partial charge in [-0.05, 0) is 47.6 Å². The minimum absolute atomic E-state index is 0.224. The van der Waals surface area contributed by atoms with Crippen molar-refractivity contribution in [1.29, 1.82) is 0 Å². The third-order valence-electron chi connectivity index (χ3n) is 6.64. The number of nitrogens with zero attached hydrogens (tertiary/aromatic N) is 2. The summed E-state index contributed by atoms with van der Waals surface area (Å²) in [7, 11) is 0. The maximum absolute atomic E-state index is 12.9. The highest BCUT2D eigenvalue weighted by molar-refractivity contribution is 5.79. The Labute approximate surface area is 182 Å². The molecule has 0 saturated carbocycles. The summed E-state index contributed by atoms with van der Waals surface area (Å²) in [5, 5.41) is 1.25. The zero-order valence-corrected chi connectivity index (χ0v) is 17.8. The third kappa shape index (κ3) is 4.31. The molecular weight excluding hydrogens is 390 g/mol. The average molecular weight is 420 g/mol. The summed E-state index contributed by atoms with van der Waals surface area (Å²) >= 11 is 0. The predicted octanol–water partition coefficient (Wildman–Crippen LogP) is 4.17. The molecule has 0 aliphatic carbocycles. The van der Waals surface area contributed by atoms with Gasteiger partial charge < -0.3 is 14.5 Å². The van der Waals surface area contributed by atoms with E-state index >= 15 is 0 Å². The highest BCUT2D eigenvalue weighted by Crippen LogP contribution is 2.33. The molecule has 3 heterocycles. The number of aromatic amines is 1. The minimum Gasteiger partial charge on any atom is -0.445 e. The lowest BCUT2D eigenvalue weighted by Crippen LogP contribution is -2.63. The van der Waals surface area contributed by atoms with Gasteiger partial charge >= 0.3 is 6.09 Å². The molecule has 2 fully saturated rings. The first kappa shape index (κ1) is 20.1. The molecule has 5 rings (SSSR count). The van der Waals surface area contributed by atoms with Crippen LogP contribution in [-0.2, 0) is 22.6 Å². The van der Waals surface area contributed by atoms with Crippen LogP contribution >= 0.6 is 0 Å². The topological polar surface area (TPSA) is 57.8 Å². The van der Waals surface area contributed by atoms with E-state index in [1.165, 1.54) is 16.5 Å². The van der Waals surface area contributed by atoms with Gasteiger partial charge in [0.05, 0.1) is 18.8 Å². The monoisotopic (exact) mass is 419 g/mol. The second kappa shape index (κ2) is 8.73. The van der Waals surface area contributed by atoms with Crippen LogP contribution in [0.15, 0.2) is 60.8 Å². The number of rotatable bonds is 4. The Balaban J connectivity index is 1.21. The first-order valence-electron chi connectivity index (χ1n) is 11.1. The molecule has 2 aliphatic heterocycles. The van der Waals surface area contributed by atoms with E-state index in [0.29, 0.717) is 26.4 Å². The fourth-order valence-corrected chi connectivity index (χ4v) is 4.82. The number of carbonyl (C=O) groups excluding carboxylic acids is 1. The summed E-state index contributed by atoms with van der Waals surface area (Å²) < 4.78 is 11.5. The Morgan fingerprint density at radius 3 is 2.71 bits per heavy atom. The zero-order chi connectivity index (χ0) is 21.1. The van der Waals surface area contributed by atoms with Gasteiger partial charge in [0.2, 0.25) is 0 Å². The first-order chi connectivity index (χ1) is 15.2. The molecule has 2 aliphatic rings. The van der Waals surface area contributed by atoms with E-state index in [-0.39, 0.29) is 11.6 Å². The van der Waals surface area contributed by atoms with E-state index in [0.717, 1.165) is 38.0 Å². The van der Waals surface area contributed by atoms with Crippen molar-refractivity contribution < 1.29 is 14.3 Å². The van der Waals surface area contributed by atoms with Gasteiger partial charge in [-0.15, -0.1) is 0 Å². The number of fused-ring (bicyclic) bond motifs is 1. The number of morpholine rings is 1. The molecule has 0 bridgehead atoms. The Bertz CT molecular complexity index is 1020. The Hall–Kier alpha value is -2.83. The molecule has 1 N–H and O–H groups in total. The molecule has 6 nitrogen and oxygen atoms in total. The average Bonchev–Trinajstić information content (AvgIpc) is 3.28. The van der Waals surface area contributed by atoms with Gasteiger partial charge in [0.15, 0.2) is 0 Å². The smallest absolute Gasteiger partial charge is 0.410 e. The number of hydrogen-bond acceptors (Lipinski definition) is 4. The normalized spacial score (nSPS) is 19.0. The molecule has 2 aromatic carbocycles. The summed E-state index contributed by atoms with van der Waals surface area (Å²) in [4.78, 5) is 20.6. The van der Waals surface area contributed by atoms with Gasteiger partial charge in [-0.25, -0.2) is 4.79 Å². The van der Waals surface area contributed by atoms with Crippen molar-refractivity contribution in [3.63, 3.8) is 0 Å².